The molecule has 0 spiro atoms. The second-order valence-electron chi connectivity index (χ2n) is 6.78. The maximum atomic E-state index is 12.7. The third kappa shape index (κ3) is 5.10. The predicted molar refractivity (Wildman–Crippen MR) is 118 cm³/mol. The molecule has 0 aliphatic carbocycles. The average Bonchev–Trinajstić information content (AvgIpc) is 3.21. The number of hydrogen-bond acceptors (Lipinski definition) is 6. The van der Waals surface area contributed by atoms with Crippen LogP contribution in [0.15, 0.2) is 46.8 Å². The van der Waals surface area contributed by atoms with E-state index in [1.807, 2.05) is 38.1 Å². The van der Waals surface area contributed by atoms with Crippen LogP contribution in [0.1, 0.15) is 46.5 Å². The Morgan fingerprint density at radius 1 is 1.03 bits per heavy atom. The predicted octanol–water partition coefficient (Wildman–Crippen LogP) is 3.70. The van der Waals surface area contributed by atoms with Crippen LogP contribution in [0.5, 0.6) is 0 Å². The first-order valence-corrected chi connectivity index (χ1v) is 11.9. The van der Waals surface area contributed by atoms with Crippen molar-refractivity contribution in [2.24, 2.45) is 0 Å². The zero-order chi connectivity index (χ0) is 21.7. The van der Waals surface area contributed by atoms with Gasteiger partial charge in [0, 0.05) is 12.1 Å². The van der Waals surface area contributed by atoms with Crippen LogP contribution in [0.3, 0.4) is 0 Å². The van der Waals surface area contributed by atoms with Gasteiger partial charge in [-0.25, -0.2) is 13.1 Å². The van der Waals surface area contributed by atoms with Gasteiger partial charge in [-0.15, -0.1) is 10.2 Å². The van der Waals surface area contributed by atoms with E-state index in [4.69, 9.17) is 0 Å². The Hall–Kier alpha value is -2.62. The highest BCUT2D eigenvalue weighted by molar-refractivity contribution is 7.91. The van der Waals surface area contributed by atoms with Crippen molar-refractivity contribution in [1.82, 2.24) is 14.9 Å². The van der Waals surface area contributed by atoms with E-state index in [9.17, 15) is 13.2 Å². The van der Waals surface area contributed by atoms with Crippen molar-refractivity contribution in [3.63, 3.8) is 0 Å². The summed E-state index contributed by atoms with van der Waals surface area (Å²) in [5, 5.41) is 10.3. The van der Waals surface area contributed by atoms with Gasteiger partial charge in [0.2, 0.25) is 9.47 Å². The molecule has 7 nitrogen and oxygen atoms in total. The molecule has 2 N–H and O–H groups in total. The minimum absolute atomic E-state index is 0.130. The average molecular weight is 445 g/mol. The molecule has 0 atom stereocenters. The highest BCUT2D eigenvalue weighted by Gasteiger charge is 2.21. The first kappa shape index (κ1) is 22.1. The van der Waals surface area contributed by atoms with Crippen LogP contribution in [0, 0.1) is 6.92 Å². The largest absolute Gasteiger partial charge is 0.296 e. The van der Waals surface area contributed by atoms with E-state index in [-0.39, 0.29) is 21.9 Å². The number of aryl methyl sites for hydroxylation is 3. The Morgan fingerprint density at radius 3 is 2.50 bits per heavy atom. The second kappa shape index (κ2) is 9.46. The normalized spacial score (nSPS) is 11.4. The Morgan fingerprint density at radius 2 is 1.80 bits per heavy atom. The maximum absolute atomic E-state index is 12.7. The van der Waals surface area contributed by atoms with Gasteiger partial charge in [0.1, 0.15) is 0 Å². The number of carbonyl (C=O) groups is 1. The molecule has 2 aromatic carbocycles. The van der Waals surface area contributed by atoms with E-state index < -0.39 is 10.0 Å². The number of carbonyl (C=O) groups excluding carboxylic acids is 1. The Bertz CT molecular complexity index is 1160. The molecule has 1 amide bonds. The van der Waals surface area contributed by atoms with E-state index in [0.29, 0.717) is 5.56 Å². The van der Waals surface area contributed by atoms with Gasteiger partial charge in [-0.3, -0.25) is 10.1 Å². The molecule has 1 aromatic heterocycles. The monoisotopic (exact) mass is 444 g/mol. The van der Waals surface area contributed by atoms with Gasteiger partial charge in [0.15, 0.2) is 0 Å². The zero-order valence-electron chi connectivity index (χ0n) is 17.1. The van der Waals surface area contributed by atoms with Crippen molar-refractivity contribution >= 4 is 32.4 Å². The Kier molecular flexibility index (Phi) is 6.96. The lowest BCUT2D eigenvalue weighted by atomic mass is 10.0. The number of sulfonamides is 1. The fourth-order valence-corrected chi connectivity index (χ4v) is 4.95. The maximum Gasteiger partial charge on any atom is 0.270 e. The number of nitrogens with zero attached hydrogens (tertiary/aromatic N) is 2. The highest BCUT2D eigenvalue weighted by Crippen LogP contribution is 2.22. The topological polar surface area (TPSA) is 101 Å². The number of rotatable bonds is 8. The molecule has 0 saturated heterocycles. The second-order valence-corrected chi connectivity index (χ2v) is 9.70. The number of amides is 1. The minimum atomic E-state index is -3.85. The number of aromatic nitrogens is 2. The quantitative estimate of drug-likeness (QED) is 0.516. The number of benzene rings is 2. The molecule has 0 radical (unpaired) electrons. The summed E-state index contributed by atoms with van der Waals surface area (Å²) in [5.41, 5.74) is 4.50. The molecule has 1 heterocycles. The lowest BCUT2D eigenvalue weighted by Gasteiger charge is -2.10. The van der Waals surface area contributed by atoms with E-state index in [2.05, 4.69) is 33.2 Å². The highest BCUT2D eigenvalue weighted by atomic mass is 32.2. The summed E-state index contributed by atoms with van der Waals surface area (Å²) in [7, 11) is -3.85. The molecule has 3 aromatic rings. The molecular weight excluding hydrogens is 420 g/mol. The van der Waals surface area contributed by atoms with Crippen LogP contribution in [-0.4, -0.2) is 24.5 Å². The van der Waals surface area contributed by atoms with Crippen LogP contribution in [0.4, 0.5) is 5.13 Å². The van der Waals surface area contributed by atoms with Crippen LogP contribution in [-0.2, 0) is 29.4 Å². The Labute approximate surface area is 180 Å². The molecule has 9 heteroatoms. The van der Waals surface area contributed by atoms with Crippen molar-refractivity contribution < 1.29 is 13.2 Å². The molecule has 0 fully saturated rings. The fourth-order valence-electron chi connectivity index (χ4n) is 3.00. The summed E-state index contributed by atoms with van der Waals surface area (Å²) >= 11 is 0.817. The lowest BCUT2D eigenvalue weighted by Crippen LogP contribution is -2.23. The van der Waals surface area contributed by atoms with Crippen molar-refractivity contribution in [1.29, 1.82) is 0 Å². The standard InChI is InChI=1S/C21H24N4O3S2/c1-4-15-10-11-16(5-2)17(12-15)13-22-30(27,28)21-25-24-20(29-21)23-19(26)18-9-7-6-8-14(18)3/h6-12,22H,4-5,13H2,1-3H3,(H,23,24,26). The molecule has 0 saturated carbocycles. The van der Waals surface area contributed by atoms with Crippen molar-refractivity contribution in [3.05, 3.63) is 70.3 Å². The fraction of sp³-hybridized carbons (Fsp3) is 0.286. The summed E-state index contributed by atoms with van der Waals surface area (Å²) in [6, 6.07) is 13.2. The summed E-state index contributed by atoms with van der Waals surface area (Å²) in [5.74, 6) is -0.356. The van der Waals surface area contributed by atoms with Crippen LogP contribution in [0.25, 0.3) is 0 Å². The first-order chi connectivity index (χ1) is 14.3. The molecule has 0 bridgehead atoms. The number of hydrogen-bond donors (Lipinski definition) is 2. The summed E-state index contributed by atoms with van der Waals surface area (Å²) in [6.07, 6.45) is 1.69. The Balaban J connectivity index is 1.72. The SMILES string of the molecule is CCc1ccc(CC)c(CNS(=O)(=O)c2nnc(NC(=O)c3ccccc3C)s2)c1. The van der Waals surface area contributed by atoms with Gasteiger partial charge >= 0.3 is 0 Å². The number of nitrogens with one attached hydrogen (secondary N) is 2. The van der Waals surface area contributed by atoms with Gasteiger partial charge < -0.3 is 0 Å². The van der Waals surface area contributed by atoms with E-state index in [0.717, 1.165) is 46.4 Å². The van der Waals surface area contributed by atoms with E-state index in [1.54, 1.807) is 12.1 Å². The van der Waals surface area contributed by atoms with Crippen LogP contribution < -0.4 is 10.0 Å². The lowest BCUT2D eigenvalue weighted by molar-refractivity contribution is 0.102. The van der Waals surface area contributed by atoms with Crippen molar-refractivity contribution in [2.75, 3.05) is 5.32 Å². The molecule has 0 aliphatic heterocycles. The van der Waals surface area contributed by atoms with Crippen LogP contribution in [0.2, 0.25) is 0 Å². The van der Waals surface area contributed by atoms with E-state index in [1.165, 1.54) is 0 Å². The smallest absolute Gasteiger partial charge is 0.270 e. The van der Waals surface area contributed by atoms with Crippen molar-refractivity contribution in [3.8, 4) is 0 Å². The van der Waals surface area contributed by atoms with Gasteiger partial charge in [0.25, 0.3) is 15.9 Å². The van der Waals surface area contributed by atoms with Gasteiger partial charge in [-0.05, 0) is 48.1 Å². The zero-order valence-corrected chi connectivity index (χ0v) is 18.7. The number of anilines is 1. The van der Waals surface area contributed by atoms with Gasteiger partial charge in [-0.2, -0.15) is 0 Å². The summed E-state index contributed by atoms with van der Waals surface area (Å²) < 4.78 is 27.7. The van der Waals surface area contributed by atoms with E-state index >= 15 is 0 Å². The minimum Gasteiger partial charge on any atom is -0.296 e. The summed E-state index contributed by atoms with van der Waals surface area (Å²) in [4.78, 5) is 12.4. The first-order valence-electron chi connectivity index (χ1n) is 9.64. The molecule has 3 rings (SSSR count). The molecule has 158 valence electrons. The summed E-state index contributed by atoms with van der Waals surface area (Å²) in [6.45, 7) is 6.09. The van der Waals surface area contributed by atoms with Gasteiger partial charge in [0.05, 0.1) is 0 Å². The molecule has 0 unspecified atom stereocenters. The third-order valence-electron chi connectivity index (χ3n) is 4.76. The van der Waals surface area contributed by atoms with Crippen molar-refractivity contribution in [2.45, 2.75) is 44.5 Å². The molecule has 0 aliphatic rings. The third-order valence-corrected chi connectivity index (χ3v) is 7.37. The molecular formula is C21H24N4O3S2. The van der Waals surface area contributed by atoms with Crippen LogP contribution >= 0.6 is 11.3 Å². The molecule has 30 heavy (non-hydrogen) atoms. The van der Waals surface area contributed by atoms with Gasteiger partial charge in [-0.1, -0.05) is 61.6 Å².